The van der Waals surface area contributed by atoms with Gasteiger partial charge in [-0.2, -0.15) is 0 Å². The van der Waals surface area contributed by atoms with E-state index in [9.17, 15) is 43.8 Å². The van der Waals surface area contributed by atoms with E-state index in [4.69, 9.17) is 37.9 Å². The standard InChI is InChI=1S/C17H28O2.C16H26O3.C16H28O3.C16H28O2.C13H18O5.C12H18O2/c1-5-16(2,3)15(18)19-17(4)13-7-11-6-12(9-13)10-14(17)8-11;1-4-14(2,3)13(17)19-16-8-11-5-12(9-16)7-15(18,6-11)10-16;1-9-10(2)12-6-11(9)7-13(12)14(17)8-15(18)19-16(3,4)5;1-6-15(2,3)14(17)18-16(4,5)13-10-11-7-8-12(13)9-11;1-4-13(2,3)12(15)18-9-7-5-6-8(16-7)10(9)17-11(6)14;1-7-8(2)10-5-9(7)6-12(10)3-4-14-11(12)13/h11-14H,5-10H2,1-4H3;11-12,18H,4-10H2,1-3H3;9-14,17H,6-8H2,1-5H3;11-13H,6-10H2,1-5H3;6-10H,4-5H2,1-3H3;7-10H,3-6H2,1-2H3. The van der Waals surface area contributed by atoms with Gasteiger partial charge in [0.2, 0.25) is 0 Å². The lowest BCUT2D eigenvalue weighted by Crippen LogP contribution is -2.61. The highest BCUT2D eigenvalue weighted by Gasteiger charge is 2.67. The Morgan fingerprint density at radius 3 is 1.59 bits per heavy atom. The fourth-order valence-electron chi connectivity index (χ4n) is 24.4. The normalized spacial score (nSPS) is 42.3. The molecular formula is C90H146O17. The summed E-state index contributed by atoms with van der Waals surface area (Å²) < 4.78 is 44.9. The van der Waals surface area contributed by atoms with E-state index in [1.54, 1.807) is 0 Å². The van der Waals surface area contributed by atoms with Crippen LogP contribution < -0.4 is 0 Å². The summed E-state index contributed by atoms with van der Waals surface area (Å²) in [6, 6.07) is 0. The van der Waals surface area contributed by atoms with E-state index in [1.807, 2.05) is 96.9 Å². The number of carbonyl (C=O) groups is 7. The van der Waals surface area contributed by atoms with Gasteiger partial charge in [-0.1, -0.05) is 61.8 Å². The van der Waals surface area contributed by atoms with Crippen LogP contribution in [0.5, 0.6) is 0 Å². The molecule has 17 heteroatoms. The van der Waals surface area contributed by atoms with Gasteiger partial charge in [0.05, 0.1) is 63.8 Å². The van der Waals surface area contributed by atoms with Crippen molar-refractivity contribution in [3.05, 3.63) is 0 Å². The zero-order chi connectivity index (χ0) is 78.6. The summed E-state index contributed by atoms with van der Waals surface area (Å²) in [5.74, 6) is 11.7. The van der Waals surface area contributed by atoms with Gasteiger partial charge in [-0.15, -0.1) is 0 Å². The first-order valence-corrected chi connectivity index (χ1v) is 43.2. The minimum absolute atomic E-state index is 0.0185. The molecule has 0 aromatic rings. The molecule has 18 rings (SSSR count). The second kappa shape index (κ2) is 30.8. The summed E-state index contributed by atoms with van der Waals surface area (Å²) in [6.45, 7) is 45.7. The van der Waals surface area contributed by atoms with Crippen molar-refractivity contribution in [1.29, 1.82) is 0 Å². The van der Waals surface area contributed by atoms with Crippen LogP contribution >= 0.6 is 0 Å². The molecule has 17 nitrogen and oxygen atoms in total. The van der Waals surface area contributed by atoms with Crippen molar-refractivity contribution >= 4 is 41.8 Å². The third-order valence-corrected chi connectivity index (χ3v) is 32.6. The number of cyclic esters (lactones) is 1. The summed E-state index contributed by atoms with van der Waals surface area (Å²) in [5.41, 5.74) is -3.49. The Morgan fingerprint density at radius 2 is 1.10 bits per heavy atom. The van der Waals surface area contributed by atoms with Gasteiger partial charge in [0, 0.05) is 12.3 Å². The third-order valence-electron chi connectivity index (χ3n) is 32.6. The Morgan fingerprint density at radius 1 is 0.551 bits per heavy atom. The number of aliphatic hydroxyl groups excluding tert-OH is 1. The largest absolute Gasteiger partial charge is 0.465 e. The van der Waals surface area contributed by atoms with Crippen LogP contribution in [0.25, 0.3) is 0 Å². The summed E-state index contributed by atoms with van der Waals surface area (Å²) in [7, 11) is 0. The van der Waals surface area contributed by atoms with Crippen molar-refractivity contribution in [2.24, 2.45) is 140 Å². The monoisotopic (exact) mass is 1500 g/mol. The number of fused-ring (bicyclic) bond motifs is 8. The smallest absolute Gasteiger partial charge is 0.312 e. The van der Waals surface area contributed by atoms with E-state index < -0.39 is 40.3 Å². The Balaban J connectivity index is 0.000000128. The first-order valence-electron chi connectivity index (χ1n) is 43.2. The molecule has 1 spiro atoms. The van der Waals surface area contributed by atoms with E-state index in [1.165, 1.54) is 77.0 Å². The number of esters is 7. The first kappa shape index (κ1) is 84.1. The summed E-state index contributed by atoms with van der Waals surface area (Å²) in [4.78, 5) is 84.3. The second-order valence-electron chi connectivity index (χ2n) is 42.8. The van der Waals surface area contributed by atoms with Crippen LogP contribution in [-0.2, 0) is 71.5 Å². The lowest BCUT2D eigenvalue weighted by atomic mass is 9.50. The molecular weight excluding hydrogens is 1350 g/mol. The predicted molar refractivity (Wildman–Crippen MR) is 409 cm³/mol. The van der Waals surface area contributed by atoms with Gasteiger partial charge < -0.3 is 48.1 Å². The third kappa shape index (κ3) is 17.1. The average Bonchev–Trinajstić information content (AvgIpc) is 1.65. The Labute approximate surface area is 644 Å². The fraction of sp³-hybridized carbons (Fsp3) is 0.922. The molecule has 16 bridgehead atoms. The Bertz CT molecular complexity index is 3180. The number of carbonyl (C=O) groups excluding carboxylic acids is 7. The molecule has 608 valence electrons. The molecule has 2 N–H and O–H groups in total. The average molecular weight is 1500 g/mol. The highest BCUT2D eigenvalue weighted by Crippen LogP contribution is 2.65. The van der Waals surface area contributed by atoms with Crippen LogP contribution in [-0.4, -0.2) is 117 Å². The van der Waals surface area contributed by atoms with Gasteiger partial charge in [0.1, 0.15) is 28.5 Å². The quantitative estimate of drug-likeness (QED) is 0.108. The molecule has 0 aromatic carbocycles. The topological polar surface area (TPSA) is 234 Å². The molecule has 4 saturated heterocycles. The maximum absolute atomic E-state index is 12.5. The van der Waals surface area contributed by atoms with E-state index in [0.29, 0.717) is 79.1 Å². The molecule has 4 aliphatic heterocycles. The van der Waals surface area contributed by atoms with Gasteiger partial charge in [-0.25, -0.2) is 0 Å². The lowest BCUT2D eigenvalue weighted by Gasteiger charge is -2.59. The van der Waals surface area contributed by atoms with Crippen molar-refractivity contribution in [2.75, 3.05) is 6.61 Å². The van der Waals surface area contributed by atoms with Gasteiger partial charge in [0.15, 0.2) is 12.2 Å². The van der Waals surface area contributed by atoms with Crippen molar-refractivity contribution in [3.63, 3.8) is 0 Å². The maximum atomic E-state index is 12.5. The molecule has 14 saturated carbocycles. The zero-order valence-electron chi connectivity index (χ0n) is 70.5. The van der Waals surface area contributed by atoms with Crippen molar-refractivity contribution in [1.82, 2.24) is 0 Å². The van der Waals surface area contributed by atoms with Crippen molar-refractivity contribution in [3.8, 4) is 0 Å². The molecule has 0 aromatic heterocycles. The van der Waals surface area contributed by atoms with E-state index in [2.05, 4.69) is 55.4 Å². The minimum Gasteiger partial charge on any atom is -0.465 e. The summed E-state index contributed by atoms with van der Waals surface area (Å²) in [5, 5.41) is 21.0. The van der Waals surface area contributed by atoms with Gasteiger partial charge in [-0.3, -0.25) is 33.6 Å². The highest BCUT2D eigenvalue weighted by atomic mass is 16.7. The van der Waals surface area contributed by atoms with E-state index in [-0.39, 0.29) is 99.4 Å². The molecule has 0 amide bonds. The van der Waals surface area contributed by atoms with E-state index in [0.717, 1.165) is 117 Å². The number of hydrogen-bond acceptors (Lipinski definition) is 17. The summed E-state index contributed by atoms with van der Waals surface area (Å²) in [6.07, 6.45) is 25.6. The van der Waals surface area contributed by atoms with Gasteiger partial charge >= 0.3 is 41.8 Å². The highest BCUT2D eigenvalue weighted by molar-refractivity contribution is 5.81. The predicted octanol–water partition coefficient (Wildman–Crippen LogP) is 17.7. The van der Waals surface area contributed by atoms with Gasteiger partial charge in [0.25, 0.3) is 0 Å². The Hall–Kier alpha value is -3.83. The molecule has 4 heterocycles. The van der Waals surface area contributed by atoms with E-state index >= 15 is 0 Å². The Kier molecular flexibility index (Phi) is 24.2. The molecule has 14 aliphatic carbocycles. The molecule has 107 heavy (non-hydrogen) atoms. The number of hydrogen-bond donors (Lipinski definition) is 2. The minimum atomic E-state index is -0.555. The maximum Gasteiger partial charge on any atom is 0.312 e. The van der Waals surface area contributed by atoms with Crippen molar-refractivity contribution < 1.29 is 81.7 Å². The second-order valence-corrected chi connectivity index (χ2v) is 42.8. The number of rotatable bonds is 16. The van der Waals surface area contributed by atoms with Crippen LogP contribution in [0.2, 0.25) is 0 Å². The van der Waals surface area contributed by atoms with Gasteiger partial charge in [-0.05, 0) is 345 Å². The molecule has 21 unspecified atom stereocenters. The van der Waals surface area contributed by atoms with Crippen LogP contribution in [0.1, 0.15) is 319 Å². The number of aliphatic hydroxyl groups is 2. The SMILES string of the molecule is CC1C2CC(C(O)CC(=O)OC(C)(C)C)C(C2)C1C.CC1C2CC(C1C)C1(CCOC1=O)C2.CCC(C)(C)C(=O)OC(C)(C)C1CC2CCC1C2.CCC(C)(C)C(=O)OC1(C)C2CC3CC(C2)CC1C3.CCC(C)(C)C(=O)OC12CC3CC(CC(O)(C3)C1)C2.CCC(C)(C)C(=O)OC1C2CC3C(=O)OC1C3O2. The van der Waals surface area contributed by atoms with Crippen LogP contribution in [0, 0.1) is 140 Å². The van der Waals surface area contributed by atoms with Crippen LogP contribution in [0.3, 0.4) is 0 Å². The lowest BCUT2D eigenvalue weighted by molar-refractivity contribution is -0.225. The van der Waals surface area contributed by atoms with Crippen LogP contribution in [0.4, 0.5) is 0 Å². The first-order chi connectivity index (χ1) is 49.6. The summed E-state index contributed by atoms with van der Waals surface area (Å²) >= 11 is 0. The fourth-order valence-corrected chi connectivity index (χ4v) is 24.4. The number of ether oxygens (including phenoxy) is 8. The molecule has 18 aliphatic rings. The zero-order valence-corrected chi connectivity index (χ0v) is 70.5. The van der Waals surface area contributed by atoms with Crippen LogP contribution in [0.15, 0.2) is 0 Å². The molecule has 18 fully saturated rings. The molecule has 0 radical (unpaired) electrons. The molecule has 21 atom stereocenters. The van der Waals surface area contributed by atoms with Crippen molar-refractivity contribution in [2.45, 2.75) is 378 Å².